The molecule has 0 spiro atoms. The Balaban J connectivity index is 1.45. The minimum Gasteiger partial charge on any atom is -0.496 e. The van der Waals surface area contributed by atoms with Crippen LogP contribution in [0.4, 0.5) is 0 Å². The molecule has 0 radical (unpaired) electrons. The van der Waals surface area contributed by atoms with E-state index >= 15 is 0 Å². The summed E-state index contributed by atoms with van der Waals surface area (Å²) >= 11 is 13.0. The van der Waals surface area contributed by atoms with Crippen LogP contribution >= 0.6 is 43.5 Å². The summed E-state index contributed by atoms with van der Waals surface area (Å²) in [4.78, 5) is 29.8. The number of hydrogen-bond acceptors (Lipinski definition) is 5. The average Bonchev–Trinajstić information content (AvgIpc) is 3.36. The Labute approximate surface area is 257 Å². The maximum absolute atomic E-state index is 13.4. The number of aryl methyl sites for hydroxylation is 1. The number of nitrogens with one attached hydrogen (secondary N) is 2. The molecular weight excluding hydrogens is 674 g/mol. The molecule has 0 bridgehead atoms. The van der Waals surface area contributed by atoms with Gasteiger partial charge in [0.2, 0.25) is 0 Å². The molecule has 1 aromatic heterocycles. The number of amides is 1. The van der Waals surface area contributed by atoms with Gasteiger partial charge in [-0.25, -0.2) is 10.2 Å². The fourth-order valence-corrected chi connectivity index (χ4v) is 5.94. The summed E-state index contributed by atoms with van der Waals surface area (Å²) in [6, 6.07) is 23.7. The molecule has 5 rings (SSSR count). The van der Waals surface area contributed by atoms with Crippen molar-refractivity contribution < 1.29 is 19.1 Å². The highest BCUT2D eigenvalue weighted by atomic mass is 79.9. The second kappa shape index (κ2) is 12.3. The molecule has 0 aliphatic carbocycles. The number of ether oxygens (including phenoxy) is 2. The van der Waals surface area contributed by atoms with Crippen molar-refractivity contribution >= 4 is 72.5 Å². The van der Waals surface area contributed by atoms with E-state index in [9.17, 15) is 9.59 Å². The fraction of sp³-hybridized carbons (Fsp3) is 0.0645. The van der Waals surface area contributed by atoms with Crippen LogP contribution in [-0.4, -0.2) is 30.2 Å². The molecule has 5 aromatic rings. The normalized spacial score (nSPS) is 11.1. The third-order valence-electron chi connectivity index (χ3n) is 6.31. The van der Waals surface area contributed by atoms with Crippen molar-refractivity contribution in [3.8, 4) is 22.6 Å². The van der Waals surface area contributed by atoms with Crippen molar-refractivity contribution in [2.45, 2.75) is 6.92 Å². The lowest BCUT2D eigenvalue weighted by Crippen LogP contribution is -2.19. The molecule has 41 heavy (non-hydrogen) atoms. The van der Waals surface area contributed by atoms with Gasteiger partial charge in [0, 0.05) is 31.5 Å². The van der Waals surface area contributed by atoms with Crippen molar-refractivity contribution in [1.82, 2.24) is 10.4 Å². The van der Waals surface area contributed by atoms with Gasteiger partial charge in [0.05, 0.1) is 17.8 Å². The number of aromatic nitrogens is 1. The monoisotopic (exact) mass is 693 g/mol. The number of carbonyl (C=O) groups excluding carboxylic acids is 2. The van der Waals surface area contributed by atoms with Gasteiger partial charge in [0.25, 0.3) is 5.91 Å². The molecule has 0 unspecified atom stereocenters. The molecule has 0 fully saturated rings. The van der Waals surface area contributed by atoms with E-state index in [-0.39, 0.29) is 11.3 Å². The molecule has 1 heterocycles. The van der Waals surface area contributed by atoms with E-state index in [0.29, 0.717) is 31.0 Å². The summed E-state index contributed by atoms with van der Waals surface area (Å²) < 4.78 is 12.2. The molecule has 1 amide bonds. The lowest BCUT2D eigenvalue weighted by Gasteiger charge is -2.12. The van der Waals surface area contributed by atoms with Crippen LogP contribution in [0.15, 0.2) is 92.9 Å². The number of fused-ring (bicyclic) bond motifs is 1. The number of H-pyrrole nitrogens is 1. The number of rotatable bonds is 7. The number of methoxy groups -OCH3 is 1. The van der Waals surface area contributed by atoms with Crippen molar-refractivity contribution in [3.05, 3.63) is 115 Å². The first-order chi connectivity index (χ1) is 19.8. The second-order valence-corrected chi connectivity index (χ2v) is 11.2. The Morgan fingerprint density at radius 2 is 1.78 bits per heavy atom. The number of para-hydroxylation sites is 1. The molecule has 206 valence electrons. The quantitative estimate of drug-likeness (QED) is 0.0776. The van der Waals surface area contributed by atoms with E-state index in [1.165, 1.54) is 19.4 Å². The standard InChI is InChI=1S/C31H22Br2ClN3O4/c1-17-7-6-10-22-26(18-8-4-3-5-9-18)28(36-27(17)22)30(38)37-35-16-19-13-20(32)14-24(33)29(19)41-31(39)23-15-21(34)11-12-25(23)40-2/h3-16,36H,1-2H3,(H,37,38). The van der Waals surface area contributed by atoms with Gasteiger partial charge in [-0.15, -0.1) is 0 Å². The van der Waals surface area contributed by atoms with E-state index in [0.717, 1.165) is 27.6 Å². The van der Waals surface area contributed by atoms with Gasteiger partial charge in [0.15, 0.2) is 5.75 Å². The first-order valence-corrected chi connectivity index (χ1v) is 14.3. The van der Waals surface area contributed by atoms with Crippen molar-refractivity contribution in [2.75, 3.05) is 7.11 Å². The minimum atomic E-state index is -0.674. The van der Waals surface area contributed by atoms with E-state index in [2.05, 4.69) is 47.4 Å². The third-order valence-corrected chi connectivity index (χ3v) is 7.60. The number of aromatic amines is 1. The van der Waals surface area contributed by atoms with Crippen LogP contribution in [0, 0.1) is 6.92 Å². The summed E-state index contributed by atoms with van der Waals surface area (Å²) in [7, 11) is 1.45. The summed E-state index contributed by atoms with van der Waals surface area (Å²) in [6.45, 7) is 1.99. The van der Waals surface area contributed by atoms with Crippen LogP contribution in [0.5, 0.6) is 11.5 Å². The van der Waals surface area contributed by atoms with Crippen molar-refractivity contribution in [1.29, 1.82) is 0 Å². The molecular formula is C31H22Br2ClN3O4. The zero-order chi connectivity index (χ0) is 29.1. The van der Waals surface area contributed by atoms with Gasteiger partial charge in [-0.1, -0.05) is 76.1 Å². The van der Waals surface area contributed by atoms with Gasteiger partial charge in [0.1, 0.15) is 17.0 Å². The smallest absolute Gasteiger partial charge is 0.347 e. The Kier molecular flexibility index (Phi) is 8.58. The number of carbonyl (C=O) groups is 2. The molecule has 0 aliphatic rings. The van der Waals surface area contributed by atoms with Crippen LogP contribution in [0.25, 0.3) is 22.0 Å². The Morgan fingerprint density at radius 1 is 1.00 bits per heavy atom. The first kappa shape index (κ1) is 28.6. The van der Waals surface area contributed by atoms with E-state index in [4.69, 9.17) is 21.1 Å². The topological polar surface area (TPSA) is 92.8 Å². The summed E-state index contributed by atoms with van der Waals surface area (Å²) in [5, 5.41) is 5.49. The molecule has 0 saturated carbocycles. The highest BCUT2D eigenvalue weighted by molar-refractivity contribution is 9.11. The van der Waals surface area contributed by atoms with Crippen molar-refractivity contribution in [3.63, 3.8) is 0 Å². The zero-order valence-corrected chi connectivity index (χ0v) is 25.7. The van der Waals surface area contributed by atoms with Gasteiger partial charge < -0.3 is 14.5 Å². The van der Waals surface area contributed by atoms with E-state index in [1.807, 2.05) is 55.5 Å². The Morgan fingerprint density at radius 3 is 2.54 bits per heavy atom. The molecule has 0 atom stereocenters. The first-order valence-electron chi connectivity index (χ1n) is 12.3. The number of hydrogen-bond donors (Lipinski definition) is 2. The number of hydrazone groups is 1. The molecule has 10 heteroatoms. The molecule has 0 aliphatic heterocycles. The molecule has 7 nitrogen and oxygen atoms in total. The van der Waals surface area contributed by atoms with Crippen molar-refractivity contribution in [2.24, 2.45) is 5.10 Å². The van der Waals surface area contributed by atoms with Crippen LogP contribution in [0.1, 0.15) is 32.0 Å². The van der Waals surface area contributed by atoms with Crippen LogP contribution in [0.3, 0.4) is 0 Å². The van der Waals surface area contributed by atoms with Crippen LogP contribution < -0.4 is 14.9 Å². The average molecular weight is 696 g/mol. The predicted molar refractivity (Wildman–Crippen MR) is 168 cm³/mol. The highest BCUT2D eigenvalue weighted by Crippen LogP contribution is 2.35. The maximum atomic E-state index is 13.4. The fourth-order valence-electron chi connectivity index (χ4n) is 4.43. The predicted octanol–water partition coefficient (Wildman–Crippen LogP) is 8.31. The third kappa shape index (κ3) is 6.07. The number of halogens is 3. The lowest BCUT2D eigenvalue weighted by molar-refractivity contribution is 0.0729. The zero-order valence-electron chi connectivity index (χ0n) is 21.8. The lowest BCUT2D eigenvalue weighted by atomic mass is 10.0. The minimum absolute atomic E-state index is 0.161. The van der Waals surface area contributed by atoms with Crippen LogP contribution in [-0.2, 0) is 0 Å². The number of esters is 1. The van der Waals surface area contributed by atoms with Gasteiger partial charge >= 0.3 is 5.97 Å². The molecule has 4 aromatic carbocycles. The summed E-state index contributed by atoms with van der Waals surface area (Å²) in [5.74, 6) is -0.582. The molecule has 2 N–H and O–H groups in total. The number of benzene rings is 4. The van der Waals surface area contributed by atoms with Gasteiger partial charge in [-0.05, 0) is 64.3 Å². The van der Waals surface area contributed by atoms with Gasteiger partial charge in [-0.2, -0.15) is 5.10 Å². The highest BCUT2D eigenvalue weighted by Gasteiger charge is 2.21. The second-order valence-electron chi connectivity index (χ2n) is 8.98. The summed E-state index contributed by atoms with van der Waals surface area (Å²) in [6.07, 6.45) is 1.40. The molecule has 0 saturated heterocycles. The van der Waals surface area contributed by atoms with E-state index in [1.54, 1.807) is 24.3 Å². The number of nitrogens with zero attached hydrogens (tertiary/aromatic N) is 1. The summed E-state index contributed by atoms with van der Waals surface area (Å²) in [5.41, 5.74) is 7.16. The van der Waals surface area contributed by atoms with Crippen LogP contribution in [0.2, 0.25) is 5.02 Å². The largest absolute Gasteiger partial charge is 0.496 e. The SMILES string of the molecule is COc1ccc(Cl)cc1C(=O)Oc1c(Br)cc(Br)cc1C=NNC(=O)c1[nH]c2c(C)cccc2c1-c1ccccc1. The van der Waals surface area contributed by atoms with Gasteiger partial charge in [-0.3, -0.25) is 4.79 Å². The Bertz CT molecular complexity index is 1820. The van der Waals surface area contributed by atoms with E-state index < -0.39 is 11.9 Å². The maximum Gasteiger partial charge on any atom is 0.347 e. The Hall–Kier alpha value is -3.92.